The Morgan fingerprint density at radius 1 is 1.31 bits per heavy atom. The molecule has 0 spiro atoms. The number of benzene rings is 1. The molecule has 0 atom stereocenters. The molecule has 0 radical (unpaired) electrons. The van der Waals surface area contributed by atoms with Crippen LogP contribution in [-0.2, 0) is 0 Å². The van der Waals surface area contributed by atoms with E-state index in [0.29, 0.717) is 44.9 Å². The summed E-state index contributed by atoms with van der Waals surface area (Å²) >= 11 is 0. The SMILES string of the molecule is CCN(CC)C(=O)N1CCC(c2nc(-c3cc(OC(F)F)ccc3F)no2)CC1. The highest BCUT2D eigenvalue weighted by atomic mass is 19.3. The summed E-state index contributed by atoms with van der Waals surface area (Å²) in [6.45, 7) is 3.29. The predicted octanol–water partition coefficient (Wildman–Crippen LogP) is 4.12. The lowest BCUT2D eigenvalue weighted by molar-refractivity contribution is -0.0498. The summed E-state index contributed by atoms with van der Waals surface area (Å²) in [7, 11) is 0. The monoisotopic (exact) mass is 412 g/mol. The van der Waals surface area contributed by atoms with Gasteiger partial charge in [-0.2, -0.15) is 13.8 Å². The highest BCUT2D eigenvalue weighted by molar-refractivity contribution is 5.74. The maximum absolute atomic E-state index is 14.1. The van der Waals surface area contributed by atoms with E-state index < -0.39 is 12.4 Å². The molecule has 0 aliphatic carbocycles. The van der Waals surface area contributed by atoms with Crippen LogP contribution < -0.4 is 4.74 Å². The van der Waals surface area contributed by atoms with Gasteiger partial charge in [0.15, 0.2) is 0 Å². The summed E-state index contributed by atoms with van der Waals surface area (Å²) in [5, 5.41) is 3.79. The number of urea groups is 1. The van der Waals surface area contributed by atoms with Crippen LogP contribution in [0.3, 0.4) is 0 Å². The molecule has 1 aliphatic rings. The number of rotatable bonds is 6. The molecule has 0 saturated carbocycles. The second-order valence-electron chi connectivity index (χ2n) is 6.69. The molecule has 3 rings (SSSR count). The first-order valence-electron chi connectivity index (χ1n) is 9.55. The number of amides is 2. The average molecular weight is 412 g/mol. The quantitative estimate of drug-likeness (QED) is 0.714. The first-order chi connectivity index (χ1) is 13.9. The molecule has 1 saturated heterocycles. The fourth-order valence-electron chi connectivity index (χ4n) is 3.37. The van der Waals surface area contributed by atoms with E-state index in [1.165, 1.54) is 0 Å². The molecule has 1 fully saturated rings. The second kappa shape index (κ2) is 9.15. The van der Waals surface area contributed by atoms with Crippen molar-refractivity contribution in [2.75, 3.05) is 26.2 Å². The molecule has 0 unspecified atom stereocenters. The van der Waals surface area contributed by atoms with Crippen molar-refractivity contribution in [1.29, 1.82) is 0 Å². The summed E-state index contributed by atoms with van der Waals surface area (Å²) in [6, 6.07) is 3.24. The van der Waals surface area contributed by atoms with E-state index in [1.807, 2.05) is 13.8 Å². The minimum absolute atomic E-state index is 0.0117. The van der Waals surface area contributed by atoms with E-state index >= 15 is 0 Å². The number of halogens is 3. The van der Waals surface area contributed by atoms with Crippen molar-refractivity contribution in [3.8, 4) is 17.1 Å². The van der Waals surface area contributed by atoms with Gasteiger partial charge < -0.3 is 19.1 Å². The van der Waals surface area contributed by atoms with Gasteiger partial charge in [0.25, 0.3) is 0 Å². The molecule has 158 valence electrons. The fraction of sp³-hybridized carbons (Fsp3) is 0.526. The molecule has 10 heteroatoms. The standard InChI is InChI=1S/C19H23F3N4O3/c1-3-25(4-2)19(27)26-9-7-12(8-10-26)17-23-16(24-29-17)14-11-13(28-18(21)22)5-6-15(14)20/h5-6,11-12,18H,3-4,7-10H2,1-2H3. The Balaban J connectivity index is 1.68. The van der Waals surface area contributed by atoms with Gasteiger partial charge in [0.05, 0.1) is 5.56 Å². The van der Waals surface area contributed by atoms with Gasteiger partial charge in [-0.15, -0.1) is 0 Å². The number of carbonyl (C=O) groups excluding carboxylic acids is 1. The van der Waals surface area contributed by atoms with Crippen LogP contribution in [0.2, 0.25) is 0 Å². The van der Waals surface area contributed by atoms with E-state index in [1.54, 1.807) is 9.80 Å². The van der Waals surface area contributed by atoms with Crippen LogP contribution >= 0.6 is 0 Å². The van der Waals surface area contributed by atoms with Crippen molar-refractivity contribution in [3.63, 3.8) is 0 Å². The van der Waals surface area contributed by atoms with Crippen molar-refractivity contribution < 1.29 is 27.2 Å². The number of piperidine rings is 1. The number of nitrogens with zero attached hydrogens (tertiary/aromatic N) is 4. The molecular formula is C19H23F3N4O3. The van der Waals surface area contributed by atoms with Crippen molar-refractivity contribution in [2.45, 2.75) is 39.2 Å². The smallest absolute Gasteiger partial charge is 0.387 e. The minimum atomic E-state index is -3.02. The molecule has 2 heterocycles. The lowest BCUT2D eigenvalue weighted by Crippen LogP contribution is -2.46. The third-order valence-electron chi connectivity index (χ3n) is 4.99. The van der Waals surface area contributed by atoms with Gasteiger partial charge in [-0.05, 0) is 44.9 Å². The highest BCUT2D eigenvalue weighted by Crippen LogP contribution is 2.31. The van der Waals surface area contributed by atoms with E-state index in [2.05, 4.69) is 14.9 Å². The maximum Gasteiger partial charge on any atom is 0.387 e. The Morgan fingerprint density at radius 2 is 2.00 bits per heavy atom. The predicted molar refractivity (Wildman–Crippen MR) is 98.2 cm³/mol. The third kappa shape index (κ3) is 4.80. The minimum Gasteiger partial charge on any atom is -0.435 e. The molecule has 0 N–H and O–H groups in total. The molecule has 0 bridgehead atoms. The molecule has 1 aromatic carbocycles. The van der Waals surface area contributed by atoms with E-state index in [4.69, 9.17) is 4.52 Å². The second-order valence-corrected chi connectivity index (χ2v) is 6.69. The van der Waals surface area contributed by atoms with Crippen LogP contribution in [-0.4, -0.2) is 58.8 Å². The summed E-state index contributed by atoms with van der Waals surface area (Å²) in [6.07, 6.45) is 1.29. The van der Waals surface area contributed by atoms with Crippen molar-refractivity contribution in [3.05, 3.63) is 29.9 Å². The molecule has 2 aromatic rings. The van der Waals surface area contributed by atoms with Gasteiger partial charge in [-0.25, -0.2) is 9.18 Å². The zero-order valence-corrected chi connectivity index (χ0v) is 16.3. The molecule has 29 heavy (non-hydrogen) atoms. The van der Waals surface area contributed by atoms with Gasteiger partial charge in [0.2, 0.25) is 11.7 Å². The van der Waals surface area contributed by atoms with Crippen molar-refractivity contribution in [1.82, 2.24) is 19.9 Å². The number of aromatic nitrogens is 2. The number of hydrogen-bond acceptors (Lipinski definition) is 5. The topological polar surface area (TPSA) is 71.7 Å². The zero-order chi connectivity index (χ0) is 21.0. The van der Waals surface area contributed by atoms with Crippen molar-refractivity contribution >= 4 is 6.03 Å². The number of carbonyl (C=O) groups is 1. The number of alkyl halides is 2. The summed E-state index contributed by atoms with van der Waals surface area (Å²) < 4.78 is 48.5. The van der Waals surface area contributed by atoms with Crippen LogP contribution in [0.25, 0.3) is 11.4 Å². The first-order valence-corrected chi connectivity index (χ1v) is 9.55. The number of hydrogen-bond donors (Lipinski definition) is 0. The molecule has 7 nitrogen and oxygen atoms in total. The largest absolute Gasteiger partial charge is 0.435 e. The van der Waals surface area contributed by atoms with Gasteiger partial charge in [-0.1, -0.05) is 5.16 Å². The van der Waals surface area contributed by atoms with E-state index in [-0.39, 0.29) is 29.1 Å². The van der Waals surface area contributed by atoms with Crippen LogP contribution in [0.5, 0.6) is 5.75 Å². The van der Waals surface area contributed by atoms with Gasteiger partial charge in [0, 0.05) is 32.1 Å². The van der Waals surface area contributed by atoms with Gasteiger partial charge in [-0.3, -0.25) is 0 Å². The van der Waals surface area contributed by atoms with Gasteiger partial charge >= 0.3 is 12.6 Å². The highest BCUT2D eigenvalue weighted by Gasteiger charge is 2.29. The van der Waals surface area contributed by atoms with Crippen LogP contribution in [0, 0.1) is 5.82 Å². The normalized spacial score (nSPS) is 15.0. The molecule has 1 aromatic heterocycles. The summed E-state index contributed by atoms with van der Waals surface area (Å²) in [5.41, 5.74) is -0.0766. The Bertz CT molecular complexity index is 834. The lowest BCUT2D eigenvalue weighted by atomic mass is 9.97. The lowest BCUT2D eigenvalue weighted by Gasteiger charge is -2.34. The third-order valence-corrected chi connectivity index (χ3v) is 4.99. The first kappa shape index (κ1) is 20.9. The molecular weight excluding hydrogens is 389 g/mol. The van der Waals surface area contributed by atoms with Gasteiger partial charge in [0.1, 0.15) is 11.6 Å². The van der Waals surface area contributed by atoms with Crippen LogP contribution in [0.15, 0.2) is 22.7 Å². The molecule has 1 aliphatic heterocycles. The van der Waals surface area contributed by atoms with Crippen molar-refractivity contribution in [2.24, 2.45) is 0 Å². The van der Waals surface area contributed by atoms with E-state index in [9.17, 15) is 18.0 Å². The fourth-order valence-corrected chi connectivity index (χ4v) is 3.37. The maximum atomic E-state index is 14.1. The number of ether oxygens (including phenoxy) is 1. The Kier molecular flexibility index (Phi) is 6.60. The Labute approximate surface area is 166 Å². The number of likely N-dealkylation sites (tertiary alicyclic amines) is 1. The summed E-state index contributed by atoms with van der Waals surface area (Å²) in [4.78, 5) is 20.2. The Morgan fingerprint density at radius 3 is 2.62 bits per heavy atom. The summed E-state index contributed by atoms with van der Waals surface area (Å²) in [5.74, 6) is -0.599. The van der Waals surface area contributed by atoms with Crippen LogP contribution in [0.1, 0.15) is 38.5 Å². The van der Waals surface area contributed by atoms with Crippen LogP contribution in [0.4, 0.5) is 18.0 Å². The zero-order valence-electron chi connectivity index (χ0n) is 16.3. The average Bonchev–Trinajstić information content (AvgIpc) is 3.20. The van der Waals surface area contributed by atoms with E-state index in [0.717, 1.165) is 18.2 Å². The molecule has 2 amide bonds. The Hall–Kier alpha value is -2.78.